The van der Waals surface area contributed by atoms with Crippen molar-refractivity contribution in [3.8, 4) is 0 Å². The van der Waals surface area contributed by atoms with Crippen molar-refractivity contribution in [2.24, 2.45) is 11.8 Å². The summed E-state index contributed by atoms with van der Waals surface area (Å²) in [6.45, 7) is 2.79. The van der Waals surface area contributed by atoms with Gasteiger partial charge in [0.1, 0.15) is 6.54 Å². The number of amides is 2. The number of hydrogen-bond donors (Lipinski definition) is 1. The normalized spacial score (nSPS) is 22.9. The zero-order chi connectivity index (χ0) is 18.1. The molecule has 2 amide bonds. The number of aryl methyl sites for hydroxylation is 2. The van der Waals surface area contributed by atoms with Crippen molar-refractivity contribution in [3.63, 3.8) is 0 Å². The molecule has 7 nitrogen and oxygen atoms in total. The van der Waals surface area contributed by atoms with Gasteiger partial charge in [-0.2, -0.15) is 0 Å². The molecule has 1 aliphatic carbocycles. The zero-order valence-corrected chi connectivity index (χ0v) is 14.5. The van der Waals surface area contributed by atoms with Crippen LogP contribution in [0, 0.1) is 25.7 Å². The van der Waals surface area contributed by atoms with Crippen molar-refractivity contribution in [3.05, 3.63) is 23.0 Å². The van der Waals surface area contributed by atoms with Crippen LogP contribution in [0.25, 0.3) is 0 Å². The lowest BCUT2D eigenvalue weighted by Crippen LogP contribution is -2.37. The number of hydrogen-bond acceptors (Lipinski definition) is 5. The molecule has 25 heavy (non-hydrogen) atoms. The second kappa shape index (κ2) is 6.82. The molecule has 0 unspecified atom stereocenters. The topological polar surface area (TPSA) is 96.5 Å². The number of fused-ring (bicyclic) bond motifs is 1. The Morgan fingerprint density at radius 1 is 1.16 bits per heavy atom. The van der Waals surface area contributed by atoms with E-state index in [1.807, 2.05) is 6.92 Å². The number of nitrogens with zero attached hydrogens (tertiary/aromatic N) is 1. The largest absolute Gasteiger partial charge is 0.456 e. The zero-order valence-electron chi connectivity index (χ0n) is 14.5. The van der Waals surface area contributed by atoms with Crippen molar-refractivity contribution in [2.75, 3.05) is 13.2 Å². The molecule has 1 aromatic heterocycles. The Kier molecular flexibility index (Phi) is 4.74. The SMILES string of the molecule is Cc1cc(C(=O)COC(=O)CN2C(=O)[C@H]3CCCC[C@@H]3C2=O)c(C)[nH]1. The molecule has 2 fully saturated rings. The first-order valence-electron chi connectivity index (χ1n) is 8.58. The predicted octanol–water partition coefficient (Wildman–Crippen LogP) is 1.53. The number of likely N-dealkylation sites (tertiary alicyclic amines) is 1. The summed E-state index contributed by atoms with van der Waals surface area (Å²) in [5.41, 5.74) is 2.04. The Balaban J connectivity index is 1.56. The molecular weight excluding hydrogens is 324 g/mol. The van der Waals surface area contributed by atoms with E-state index in [0.29, 0.717) is 24.1 Å². The molecule has 0 bridgehead atoms. The Morgan fingerprint density at radius 3 is 2.28 bits per heavy atom. The molecule has 1 aliphatic heterocycles. The van der Waals surface area contributed by atoms with Gasteiger partial charge in [0.15, 0.2) is 6.61 Å². The van der Waals surface area contributed by atoms with Gasteiger partial charge < -0.3 is 9.72 Å². The van der Waals surface area contributed by atoms with Crippen LogP contribution in [-0.4, -0.2) is 46.6 Å². The van der Waals surface area contributed by atoms with Gasteiger partial charge in [-0.15, -0.1) is 0 Å². The van der Waals surface area contributed by atoms with Gasteiger partial charge in [-0.1, -0.05) is 12.8 Å². The fourth-order valence-corrected chi connectivity index (χ4v) is 3.80. The molecule has 7 heteroatoms. The third-order valence-corrected chi connectivity index (χ3v) is 5.03. The van der Waals surface area contributed by atoms with Gasteiger partial charge in [0.25, 0.3) is 0 Å². The number of nitrogens with one attached hydrogen (secondary N) is 1. The van der Waals surface area contributed by atoms with Gasteiger partial charge in [-0.05, 0) is 32.8 Å². The van der Waals surface area contributed by atoms with Crippen molar-refractivity contribution in [2.45, 2.75) is 39.5 Å². The van der Waals surface area contributed by atoms with E-state index in [-0.39, 0.29) is 29.4 Å². The smallest absolute Gasteiger partial charge is 0.326 e. The van der Waals surface area contributed by atoms with E-state index in [4.69, 9.17) is 4.74 Å². The molecule has 1 aromatic rings. The van der Waals surface area contributed by atoms with Crippen LogP contribution in [0.5, 0.6) is 0 Å². The van der Waals surface area contributed by atoms with Crippen molar-refractivity contribution < 1.29 is 23.9 Å². The maximum Gasteiger partial charge on any atom is 0.326 e. The first-order valence-corrected chi connectivity index (χ1v) is 8.58. The maximum absolute atomic E-state index is 12.3. The molecule has 0 spiro atoms. The van der Waals surface area contributed by atoms with Gasteiger partial charge in [0.05, 0.1) is 11.8 Å². The quantitative estimate of drug-likeness (QED) is 0.495. The van der Waals surface area contributed by atoms with Crippen molar-refractivity contribution in [1.82, 2.24) is 9.88 Å². The van der Waals surface area contributed by atoms with Crippen LogP contribution in [0.15, 0.2) is 6.07 Å². The highest BCUT2D eigenvalue weighted by molar-refractivity contribution is 6.07. The Morgan fingerprint density at radius 2 is 1.76 bits per heavy atom. The van der Waals surface area contributed by atoms with Gasteiger partial charge in [0.2, 0.25) is 17.6 Å². The Bertz CT molecular complexity index is 712. The van der Waals surface area contributed by atoms with Gasteiger partial charge >= 0.3 is 5.97 Å². The van der Waals surface area contributed by atoms with Crippen LogP contribution < -0.4 is 0 Å². The average Bonchev–Trinajstić information content (AvgIpc) is 3.05. The van der Waals surface area contributed by atoms with Crippen LogP contribution in [-0.2, 0) is 19.1 Å². The molecule has 2 aliphatic rings. The molecule has 2 heterocycles. The maximum atomic E-state index is 12.3. The van der Waals surface area contributed by atoms with E-state index in [1.165, 1.54) is 0 Å². The van der Waals surface area contributed by atoms with E-state index < -0.39 is 19.1 Å². The molecule has 1 N–H and O–H groups in total. The predicted molar refractivity (Wildman–Crippen MR) is 87.7 cm³/mol. The number of ether oxygens (including phenoxy) is 1. The van der Waals surface area contributed by atoms with E-state index in [2.05, 4.69) is 4.98 Å². The molecule has 0 aromatic carbocycles. The third-order valence-electron chi connectivity index (χ3n) is 5.03. The Labute approximate surface area is 145 Å². The third kappa shape index (κ3) is 3.36. The van der Waals surface area contributed by atoms with Gasteiger partial charge in [-0.3, -0.25) is 24.1 Å². The minimum atomic E-state index is -0.737. The molecule has 0 radical (unpaired) electrons. The number of aromatic amines is 1. The summed E-state index contributed by atoms with van der Waals surface area (Å²) in [6, 6.07) is 1.70. The number of rotatable bonds is 5. The second-order valence-electron chi connectivity index (χ2n) is 6.83. The standard InChI is InChI=1S/C18H22N2O5/c1-10-7-14(11(2)19-10)15(21)9-25-16(22)8-20-17(23)12-5-3-4-6-13(12)18(20)24/h7,12-13,19H,3-6,8-9H2,1-2H3/t12-,13-/m0/s1. The fourth-order valence-electron chi connectivity index (χ4n) is 3.80. The summed E-state index contributed by atoms with van der Waals surface area (Å²) in [5.74, 6) is -2.20. The summed E-state index contributed by atoms with van der Waals surface area (Å²) in [7, 11) is 0. The van der Waals surface area contributed by atoms with E-state index in [1.54, 1.807) is 13.0 Å². The highest BCUT2D eigenvalue weighted by Crippen LogP contribution is 2.37. The van der Waals surface area contributed by atoms with Crippen LogP contribution in [0.4, 0.5) is 0 Å². The van der Waals surface area contributed by atoms with Crippen molar-refractivity contribution >= 4 is 23.6 Å². The number of imide groups is 1. The summed E-state index contributed by atoms with van der Waals surface area (Å²) in [4.78, 5) is 52.8. The number of aromatic nitrogens is 1. The van der Waals surface area contributed by atoms with E-state index >= 15 is 0 Å². The lowest BCUT2D eigenvalue weighted by Gasteiger charge is -2.19. The molecule has 2 atom stereocenters. The lowest BCUT2D eigenvalue weighted by atomic mass is 9.81. The minimum absolute atomic E-state index is 0.282. The molecule has 134 valence electrons. The van der Waals surface area contributed by atoms with E-state index in [0.717, 1.165) is 23.4 Å². The number of Topliss-reactive ketones (excluding diaryl/α,β-unsaturated/α-hetero) is 1. The van der Waals surface area contributed by atoms with Gasteiger partial charge in [-0.25, -0.2) is 0 Å². The van der Waals surface area contributed by atoms with E-state index in [9.17, 15) is 19.2 Å². The van der Waals surface area contributed by atoms with Crippen LogP contribution >= 0.6 is 0 Å². The summed E-state index contributed by atoms with van der Waals surface area (Å²) < 4.78 is 4.99. The van der Waals surface area contributed by atoms with Crippen LogP contribution in [0.3, 0.4) is 0 Å². The molecule has 1 saturated carbocycles. The first-order chi connectivity index (χ1) is 11.9. The number of carbonyl (C=O) groups is 4. The second-order valence-corrected chi connectivity index (χ2v) is 6.83. The van der Waals surface area contributed by atoms with Crippen LogP contribution in [0.2, 0.25) is 0 Å². The minimum Gasteiger partial charge on any atom is -0.456 e. The number of esters is 1. The first kappa shape index (κ1) is 17.4. The fraction of sp³-hybridized carbons (Fsp3) is 0.556. The number of ketones is 1. The number of H-pyrrole nitrogens is 1. The highest BCUT2D eigenvalue weighted by atomic mass is 16.5. The van der Waals surface area contributed by atoms with Gasteiger partial charge in [0, 0.05) is 17.0 Å². The number of carbonyl (C=O) groups excluding carboxylic acids is 4. The summed E-state index contributed by atoms with van der Waals surface area (Å²) >= 11 is 0. The molecule has 1 saturated heterocycles. The van der Waals surface area contributed by atoms with Crippen molar-refractivity contribution in [1.29, 1.82) is 0 Å². The molecular formula is C18H22N2O5. The summed E-state index contributed by atoms with van der Waals surface area (Å²) in [5, 5.41) is 0. The average molecular weight is 346 g/mol. The Hall–Kier alpha value is -2.44. The highest BCUT2D eigenvalue weighted by Gasteiger charge is 2.48. The lowest BCUT2D eigenvalue weighted by molar-refractivity contribution is -0.152. The summed E-state index contributed by atoms with van der Waals surface area (Å²) in [6.07, 6.45) is 3.27. The van der Waals surface area contributed by atoms with Crippen LogP contribution in [0.1, 0.15) is 47.4 Å². The molecule has 3 rings (SSSR count). The monoisotopic (exact) mass is 346 g/mol.